The molecular formula is C16H25Cl2N3O. The van der Waals surface area contributed by atoms with Crippen molar-refractivity contribution in [3.05, 3.63) is 30.0 Å². The molecule has 124 valence electrons. The van der Waals surface area contributed by atoms with E-state index >= 15 is 0 Å². The number of benzene rings is 1. The van der Waals surface area contributed by atoms with Gasteiger partial charge in [0.15, 0.2) is 0 Å². The quantitative estimate of drug-likeness (QED) is 0.892. The lowest BCUT2D eigenvalue weighted by molar-refractivity contribution is 0.170. The molecule has 1 fully saturated rings. The van der Waals surface area contributed by atoms with E-state index in [0.29, 0.717) is 6.04 Å². The summed E-state index contributed by atoms with van der Waals surface area (Å²) < 4.78 is 5.37. The minimum absolute atomic E-state index is 0. The Labute approximate surface area is 144 Å². The number of ether oxygens (including phenoxy) is 1. The van der Waals surface area contributed by atoms with Gasteiger partial charge in [0.05, 0.1) is 7.11 Å². The van der Waals surface area contributed by atoms with Crippen molar-refractivity contribution in [2.45, 2.75) is 19.4 Å². The maximum absolute atomic E-state index is 5.37. The number of hydrogen-bond donors (Lipinski definition) is 2. The van der Waals surface area contributed by atoms with E-state index in [9.17, 15) is 0 Å². The van der Waals surface area contributed by atoms with E-state index in [1.54, 1.807) is 7.11 Å². The highest BCUT2D eigenvalue weighted by Gasteiger charge is 2.23. The second-order valence-electron chi connectivity index (χ2n) is 5.37. The average Bonchev–Trinajstić information content (AvgIpc) is 2.92. The summed E-state index contributed by atoms with van der Waals surface area (Å²) in [6.07, 6.45) is 3.30. The third-order valence-corrected chi connectivity index (χ3v) is 4.26. The third kappa shape index (κ3) is 3.69. The predicted molar refractivity (Wildman–Crippen MR) is 96.8 cm³/mol. The topological polar surface area (TPSA) is 40.3 Å². The Morgan fingerprint density at radius 3 is 2.59 bits per heavy atom. The van der Waals surface area contributed by atoms with Crippen LogP contribution < -0.4 is 10.1 Å². The van der Waals surface area contributed by atoms with Crippen LogP contribution in [0.5, 0.6) is 5.75 Å². The molecule has 22 heavy (non-hydrogen) atoms. The Morgan fingerprint density at radius 1 is 1.23 bits per heavy atom. The molecule has 2 N–H and O–H groups in total. The Kier molecular flexibility index (Phi) is 7.49. The van der Waals surface area contributed by atoms with Crippen LogP contribution in [-0.2, 0) is 0 Å². The van der Waals surface area contributed by atoms with Crippen molar-refractivity contribution in [2.24, 2.45) is 0 Å². The first-order valence-corrected chi connectivity index (χ1v) is 7.43. The standard InChI is InChI=1S/C16H23N3O.2ClH/c1-3-16(19-8-6-17-7-9-19)14-11-18-15-5-4-12(20-2)10-13(14)15;;/h4-5,10-11,16-18H,3,6-9H2,1-2H3;2*1H/t16-;;/m0../s1. The molecule has 0 amide bonds. The van der Waals surface area contributed by atoms with E-state index < -0.39 is 0 Å². The minimum atomic E-state index is 0. The molecule has 0 aliphatic carbocycles. The molecule has 1 aliphatic rings. The molecule has 0 spiro atoms. The van der Waals surface area contributed by atoms with Crippen molar-refractivity contribution in [1.29, 1.82) is 0 Å². The molecule has 1 aromatic heterocycles. The van der Waals surface area contributed by atoms with Gasteiger partial charge in [0.25, 0.3) is 0 Å². The fourth-order valence-electron chi connectivity index (χ4n) is 3.19. The molecule has 1 saturated heterocycles. The van der Waals surface area contributed by atoms with Crippen LogP contribution in [0.4, 0.5) is 0 Å². The van der Waals surface area contributed by atoms with Gasteiger partial charge in [0.2, 0.25) is 0 Å². The third-order valence-electron chi connectivity index (χ3n) is 4.26. The number of fused-ring (bicyclic) bond motifs is 1. The first-order valence-electron chi connectivity index (χ1n) is 7.43. The maximum atomic E-state index is 5.37. The SMILES string of the molecule is CC[C@@H](c1c[nH]c2ccc(OC)cc12)N1CCNCC1.Cl.Cl. The lowest BCUT2D eigenvalue weighted by atomic mass is 10.0. The van der Waals surface area contributed by atoms with Gasteiger partial charge in [-0.05, 0) is 30.2 Å². The molecule has 2 heterocycles. The van der Waals surface area contributed by atoms with Crippen molar-refractivity contribution < 1.29 is 4.74 Å². The summed E-state index contributed by atoms with van der Waals surface area (Å²) >= 11 is 0. The van der Waals surface area contributed by atoms with Crippen LogP contribution in [0.1, 0.15) is 24.9 Å². The first kappa shape index (κ1) is 19.1. The van der Waals surface area contributed by atoms with E-state index in [1.807, 2.05) is 6.07 Å². The van der Waals surface area contributed by atoms with Crippen LogP contribution in [0, 0.1) is 0 Å². The van der Waals surface area contributed by atoms with Gasteiger partial charge in [0, 0.05) is 49.3 Å². The lowest BCUT2D eigenvalue weighted by Crippen LogP contribution is -2.45. The second-order valence-corrected chi connectivity index (χ2v) is 5.37. The van der Waals surface area contributed by atoms with Crippen molar-refractivity contribution in [2.75, 3.05) is 33.3 Å². The molecule has 2 aromatic rings. The first-order chi connectivity index (χ1) is 9.83. The number of H-pyrrole nitrogens is 1. The molecule has 4 nitrogen and oxygen atoms in total. The van der Waals surface area contributed by atoms with Crippen LogP contribution in [0.15, 0.2) is 24.4 Å². The zero-order chi connectivity index (χ0) is 13.9. The largest absolute Gasteiger partial charge is 0.497 e. The van der Waals surface area contributed by atoms with Gasteiger partial charge in [-0.2, -0.15) is 0 Å². The Bertz CT molecular complexity index is 582. The van der Waals surface area contributed by atoms with Gasteiger partial charge < -0.3 is 15.0 Å². The highest BCUT2D eigenvalue weighted by Crippen LogP contribution is 2.32. The number of nitrogens with one attached hydrogen (secondary N) is 2. The maximum Gasteiger partial charge on any atom is 0.119 e. The van der Waals surface area contributed by atoms with Gasteiger partial charge in [-0.3, -0.25) is 4.90 Å². The summed E-state index contributed by atoms with van der Waals surface area (Å²) in [4.78, 5) is 5.98. The number of rotatable bonds is 4. The van der Waals surface area contributed by atoms with Gasteiger partial charge >= 0.3 is 0 Å². The predicted octanol–water partition coefficient (Wildman–Crippen LogP) is 3.38. The number of piperazine rings is 1. The molecule has 6 heteroatoms. The summed E-state index contributed by atoms with van der Waals surface area (Å²) in [6.45, 7) is 6.68. The highest BCUT2D eigenvalue weighted by atomic mass is 35.5. The summed E-state index contributed by atoms with van der Waals surface area (Å²) in [5.74, 6) is 0.925. The Morgan fingerprint density at radius 2 is 1.95 bits per heavy atom. The zero-order valence-electron chi connectivity index (χ0n) is 13.1. The second kappa shape index (κ2) is 8.63. The van der Waals surface area contributed by atoms with E-state index in [1.165, 1.54) is 16.5 Å². The van der Waals surface area contributed by atoms with Crippen LogP contribution in [0.25, 0.3) is 10.9 Å². The van der Waals surface area contributed by atoms with Crippen molar-refractivity contribution in [3.63, 3.8) is 0 Å². The van der Waals surface area contributed by atoms with Gasteiger partial charge in [-0.15, -0.1) is 24.8 Å². The molecule has 0 saturated carbocycles. The number of hydrogen-bond acceptors (Lipinski definition) is 3. The minimum Gasteiger partial charge on any atom is -0.497 e. The molecule has 0 unspecified atom stereocenters. The number of aromatic amines is 1. The average molecular weight is 346 g/mol. The van der Waals surface area contributed by atoms with E-state index in [-0.39, 0.29) is 24.8 Å². The molecule has 3 rings (SSSR count). The van der Waals surface area contributed by atoms with Gasteiger partial charge in [-0.1, -0.05) is 6.92 Å². The van der Waals surface area contributed by atoms with Crippen LogP contribution in [-0.4, -0.2) is 43.2 Å². The van der Waals surface area contributed by atoms with Crippen molar-refractivity contribution in [1.82, 2.24) is 15.2 Å². The lowest BCUT2D eigenvalue weighted by Gasteiger charge is -2.34. The number of methoxy groups -OCH3 is 1. The number of nitrogens with zero attached hydrogens (tertiary/aromatic N) is 1. The number of aromatic nitrogens is 1. The summed E-state index contributed by atoms with van der Waals surface area (Å²) in [5.41, 5.74) is 2.58. The number of halogens is 2. The highest BCUT2D eigenvalue weighted by molar-refractivity contribution is 5.86. The molecule has 0 radical (unpaired) electrons. The monoisotopic (exact) mass is 345 g/mol. The van der Waals surface area contributed by atoms with E-state index in [4.69, 9.17) is 4.74 Å². The van der Waals surface area contributed by atoms with E-state index in [2.05, 4.69) is 40.5 Å². The fraction of sp³-hybridized carbons (Fsp3) is 0.500. The Hall–Kier alpha value is -0.940. The summed E-state index contributed by atoms with van der Waals surface area (Å²) in [5, 5.41) is 4.71. The molecule has 0 bridgehead atoms. The van der Waals surface area contributed by atoms with Gasteiger partial charge in [-0.25, -0.2) is 0 Å². The van der Waals surface area contributed by atoms with E-state index in [0.717, 1.165) is 38.3 Å². The van der Waals surface area contributed by atoms with Crippen molar-refractivity contribution >= 4 is 35.7 Å². The molecular weight excluding hydrogens is 321 g/mol. The molecule has 1 atom stereocenters. The van der Waals surface area contributed by atoms with Crippen molar-refractivity contribution in [3.8, 4) is 5.75 Å². The van der Waals surface area contributed by atoms with Gasteiger partial charge in [0.1, 0.15) is 5.75 Å². The molecule has 1 aromatic carbocycles. The normalized spacial score (nSPS) is 16.6. The smallest absolute Gasteiger partial charge is 0.119 e. The fourth-order valence-corrected chi connectivity index (χ4v) is 3.19. The van der Waals surface area contributed by atoms with Crippen LogP contribution in [0.2, 0.25) is 0 Å². The molecule has 1 aliphatic heterocycles. The van der Waals surface area contributed by atoms with Crippen LogP contribution in [0.3, 0.4) is 0 Å². The summed E-state index contributed by atoms with van der Waals surface area (Å²) in [7, 11) is 1.72. The Balaban J connectivity index is 0.00000121. The zero-order valence-corrected chi connectivity index (χ0v) is 14.7. The summed E-state index contributed by atoms with van der Waals surface area (Å²) in [6, 6.07) is 6.74. The van der Waals surface area contributed by atoms with Crippen LogP contribution >= 0.6 is 24.8 Å².